The Morgan fingerprint density at radius 2 is 1.70 bits per heavy atom. The van der Waals surface area contributed by atoms with Crippen LogP contribution in [0.25, 0.3) is 0 Å². The number of carbonyl (C=O) groups excluding carboxylic acids is 1. The summed E-state index contributed by atoms with van der Waals surface area (Å²) in [7, 11) is 0. The van der Waals surface area contributed by atoms with Gasteiger partial charge in [-0.3, -0.25) is 4.79 Å². The van der Waals surface area contributed by atoms with E-state index >= 15 is 0 Å². The summed E-state index contributed by atoms with van der Waals surface area (Å²) in [5, 5.41) is 11.7. The molecular weight excluding hydrogens is 387 g/mol. The van der Waals surface area contributed by atoms with Gasteiger partial charge in [-0.1, -0.05) is 5.21 Å². The third-order valence-corrected chi connectivity index (χ3v) is 6.03. The molecule has 1 aromatic heterocycles. The number of likely N-dealkylation sites (tertiary alicyclic amines) is 2. The van der Waals surface area contributed by atoms with E-state index < -0.39 is 0 Å². The van der Waals surface area contributed by atoms with Gasteiger partial charge in [-0.25, -0.2) is 4.68 Å². The molecule has 3 aliphatic rings. The van der Waals surface area contributed by atoms with Gasteiger partial charge in [0, 0.05) is 19.6 Å². The Hall–Kier alpha value is -0.890. The molecule has 1 N–H and O–H groups in total. The fraction of sp³-hybridized carbons (Fsp3) is 0.833. The van der Waals surface area contributed by atoms with E-state index in [0.717, 1.165) is 57.8 Å². The van der Waals surface area contributed by atoms with Crippen molar-refractivity contribution in [2.45, 2.75) is 44.6 Å². The van der Waals surface area contributed by atoms with Crippen molar-refractivity contribution in [1.82, 2.24) is 30.1 Å². The van der Waals surface area contributed by atoms with Crippen LogP contribution in [0.4, 0.5) is 0 Å². The van der Waals surface area contributed by atoms with Crippen LogP contribution in [0, 0.1) is 5.92 Å². The topological polar surface area (TPSA) is 66.3 Å². The van der Waals surface area contributed by atoms with Gasteiger partial charge >= 0.3 is 0 Å². The highest BCUT2D eigenvalue weighted by atomic mass is 35.5. The molecule has 0 aromatic carbocycles. The first-order valence-electron chi connectivity index (χ1n) is 9.94. The number of piperidine rings is 2. The Morgan fingerprint density at radius 3 is 2.37 bits per heavy atom. The van der Waals surface area contributed by atoms with Gasteiger partial charge in [0.15, 0.2) is 5.69 Å². The zero-order valence-corrected chi connectivity index (χ0v) is 17.5. The molecule has 4 heterocycles. The van der Waals surface area contributed by atoms with Gasteiger partial charge in [0.05, 0.1) is 12.2 Å². The van der Waals surface area contributed by atoms with Crippen LogP contribution in [0.5, 0.6) is 0 Å². The van der Waals surface area contributed by atoms with Gasteiger partial charge in [-0.05, 0) is 70.6 Å². The molecule has 0 spiro atoms. The molecular formula is C18H32Cl2N6O. The van der Waals surface area contributed by atoms with Crippen LogP contribution in [-0.4, -0.2) is 76.5 Å². The van der Waals surface area contributed by atoms with E-state index in [1.54, 1.807) is 0 Å². The molecule has 3 fully saturated rings. The molecule has 3 aliphatic heterocycles. The molecule has 1 amide bonds. The predicted molar refractivity (Wildman–Crippen MR) is 110 cm³/mol. The third-order valence-electron chi connectivity index (χ3n) is 6.03. The van der Waals surface area contributed by atoms with Crippen molar-refractivity contribution in [3.05, 3.63) is 11.9 Å². The van der Waals surface area contributed by atoms with Crippen LogP contribution >= 0.6 is 24.8 Å². The minimum Gasteiger partial charge on any atom is -0.337 e. The number of hydrogen-bond acceptors (Lipinski definition) is 5. The minimum atomic E-state index is 0. The second-order valence-electron chi connectivity index (χ2n) is 7.81. The van der Waals surface area contributed by atoms with E-state index in [-0.39, 0.29) is 30.7 Å². The molecule has 0 bridgehead atoms. The Bertz CT molecular complexity index is 578. The molecule has 9 heteroatoms. The fourth-order valence-electron chi connectivity index (χ4n) is 4.44. The quantitative estimate of drug-likeness (QED) is 0.809. The van der Waals surface area contributed by atoms with Crippen LogP contribution in [0.1, 0.15) is 55.1 Å². The van der Waals surface area contributed by atoms with E-state index in [0.29, 0.717) is 11.7 Å². The first kappa shape index (κ1) is 22.4. The van der Waals surface area contributed by atoms with Crippen LogP contribution in [0.2, 0.25) is 0 Å². The van der Waals surface area contributed by atoms with Gasteiger partial charge in [-0.2, -0.15) is 0 Å². The summed E-state index contributed by atoms with van der Waals surface area (Å²) in [4.78, 5) is 17.3. The lowest BCUT2D eigenvalue weighted by Crippen LogP contribution is -2.41. The van der Waals surface area contributed by atoms with Gasteiger partial charge in [0.1, 0.15) is 0 Å². The van der Waals surface area contributed by atoms with Gasteiger partial charge in [0.2, 0.25) is 0 Å². The van der Waals surface area contributed by atoms with Crippen LogP contribution in [-0.2, 0) is 0 Å². The SMILES string of the molecule is Cl.Cl.O=C(c1cn(C2CCNCC2)nn1)N1CCC(CN2CCCC2)CC1. The summed E-state index contributed by atoms with van der Waals surface area (Å²) in [6, 6.07) is 0.376. The maximum Gasteiger partial charge on any atom is 0.276 e. The minimum absolute atomic E-state index is 0. The van der Waals surface area contributed by atoms with Crippen molar-refractivity contribution in [1.29, 1.82) is 0 Å². The highest BCUT2D eigenvalue weighted by Crippen LogP contribution is 2.22. The maximum atomic E-state index is 12.7. The highest BCUT2D eigenvalue weighted by Gasteiger charge is 2.27. The Morgan fingerprint density at radius 1 is 1.04 bits per heavy atom. The van der Waals surface area contributed by atoms with E-state index in [1.165, 1.54) is 32.5 Å². The summed E-state index contributed by atoms with van der Waals surface area (Å²) in [6.07, 6.45) is 8.90. The lowest BCUT2D eigenvalue weighted by Gasteiger charge is -2.33. The van der Waals surface area contributed by atoms with Gasteiger partial charge in [-0.15, -0.1) is 29.9 Å². The van der Waals surface area contributed by atoms with Crippen LogP contribution in [0.15, 0.2) is 6.20 Å². The lowest BCUT2D eigenvalue weighted by molar-refractivity contribution is 0.0667. The summed E-state index contributed by atoms with van der Waals surface area (Å²) in [6.45, 7) is 7.48. The highest BCUT2D eigenvalue weighted by molar-refractivity contribution is 5.92. The first-order valence-corrected chi connectivity index (χ1v) is 9.94. The number of aromatic nitrogens is 3. The summed E-state index contributed by atoms with van der Waals surface area (Å²) < 4.78 is 1.90. The van der Waals surface area contributed by atoms with Crippen molar-refractivity contribution in [3.8, 4) is 0 Å². The Labute approximate surface area is 174 Å². The summed E-state index contributed by atoms with van der Waals surface area (Å²) >= 11 is 0. The number of carbonyl (C=O) groups is 1. The molecule has 0 unspecified atom stereocenters. The van der Waals surface area contributed by atoms with Gasteiger partial charge < -0.3 is 15.1 Å². The summed E-state index contributed by atoms with van der Waals surface area (Å²) in [5.74, 6) is 0.798. The average Bonchev–Trinajstić information content (AvgIpc) is 3.34. The van der Waals surface area contributed by atoms with Crippen molar-refractivity contribution in [3.63, 3.8) is 0 Å². The van der Waals surface area contributed by atoms with E-state index in [1.807, 2.05) is 15.8 Å². The molecule has 0 radical (unpaired) electrons. The number of nitrogens with zero attached hydrogens (tertiary/aromatic N) is 5. The standard InChI is InChI=1S/C18H30N6O.2ClH/c25-18(17-14-24(21-20-17)16-3-7-19-8-4-16)23-11-5-15(6-12-23)13-22-9-1-2-10-22;;/h14-16,19H,1-13H2;2*1H. The van der Waals surface area contributed by atoms with Crippen LogP contribution < -0.4 is 5.32 Å². The van der Waals surface area contributed by atoms with E-state index in [4.69, 9.17) is 0 Å². The molecule has 154 valence electrons. The number of amides is 1. The molecule has 7 nitrogen and oxygen atoms in total. The maximum absolute atomic E-state index is 12.7. The molecule has 1 aromatic rings. The summed E-state index contributed by atoms with van der Waals surface area (Å²) in [5.41, 5.74) is 0.511. The van der Waals surface area contributed by atoms with Crippen molar-refractivity contribution in [2.24, 2.45) is 5.92 Å². The second kappa shape index (κ2) is 10.6. The molecule has 27 heavy (non-hydrogen) atoms. The Balaban J connectivity index is 0.00000131. The second-order valence-corrected chi connectivity index (χ2v) is 7.81. The zero-order valence-electron chi connectivity index (χ0n) is 15.9. The van der Waals surface area contributed by atoms with Gasteiger partial charge in [0.25, 0.3) is 5.91 Å². The Kier molecular flexibility index (Phi) is 8.79. The largest absolute Gasteiger partial charge is 0.337 e. The smallest absolute Gasteiger partial charge is 0.276 e. The lowest BCUT2D eigenvalue weighted by atomic mass is 9.96. The van der Waals surface area contributed by atoms with Crippen LogP contribution in [0.3, 0.4) is 0 Å². The normalized spacial score (nSPS) is 22.3. The number of halogens is 2. The van der Waals surface area contributed by atoms with Crippen molar-refractivity contribution < 1.29 is 4.79 Å². The zero-order chi connectivity index (χ0) is 17.1. The number of nitrogens with one attached hydrogen (secondary N) is 1. The molecule has 3 saturated heterocycles. The number of rotatable bonds is 4. The molecule has 4 rings (SSSR count). The predicted octanol–water partition coefficient (Wildman–Crippen LogP) is 1.99. The first-order chi connectivity index (χ1) is 12.3. The monoisotopic (exact) mass is 418 g/mol. The molecule has 0 atom stereocenters. The number of hydrogen-bond donors (Lipinski definition) is 1. The third kappa shape index (κ3) is 5.56. The van der Waals surface area contributed by atoms with Crippen molar-refractivity contribution in [2.75, 3.05) is 45.8 Å². The van der Waals surface area contributed by atoms with E-state index in [2.05, 4.69) is 20.5 Å². The van der Waals surface area contributed by atoms with Crippen molar-refractivity contribution >= 4 is 30.7 Å². The average molecular weight is 419 g/mol. The fourth-order valence-corrected chi connectivity index (χ4v) is 4.44. The molecule has 0 saturated carbocycles. The molecule has 0 aliphatic carbocycles. The van der Waals surface area contributed by atoms with E-state index in [9.17, 15) is 4.79 Å².